The summed E-state index contributed by atoms with van der Waals surface area (Å²) in [5.41, 5.74) is 1.21. The summed E-state index contributed by atoms with van der Waals surface area (Å²) in [6.07, 6.45) is 0. The number of nitrogens with zero attached hydrogens (tertiary/aromatic N) is 1. The van der Waals surface area contributed by atoms with E-state index in [4.69, 9.17) is 14.2 Å². The van der Waals surface area contributed by atoms with E-state index < -0.39 is 17.9 Å². The fourth-order valence-corrected chi connectivity index (χ4v) is 2.91. The molecule has 0 radical (unpaired) electrons. The summed E-state index contributed by atoms with van der Waals surface area (Å²) in [7, 11) is 0. The van der Waals surface area contributed by atoms with E-state index in [1.54, 1.807) is 45.0 Å². The van der Waals surface area contributed by atoms with Crippen molar-refractivity contribution < 1.29 is 33.4 Å². The normalized spacial score (nSPS) is 10.2. The van der Waals surface area contributed by atoms with Gasteiger partial charge in [0.1, 0.15) is 0 Å². The van der Waals surface area contributed by atoms with Gasteiger partial charge in [0.05, 0.1) is 36.5 Å². The molecule has 0 aliphatic heterocycles. The van der Waals surface area contributed by atoms with Crippen molar-refractivity contribution in [3.8, 4) is 0 Å². The highest BCUT2D eigenvalue weighted by atomic mass is 16.5. The number of hydrogen-bond donors (Lipinski definition) is 0. The molecule has 8 nitrogen and oxygen atoms in total. The Bertz CT molecular complexity index is 966. The predicted molar refractivity (Wildman–Crippen MR) is 114 cm³/mol. The Hall–Kier alpha value is -3.68. The number of rotatable bonds is 8. The Balaban J connectivity index is 2.50. The second kappa shape index (κ2) is 10.9. The molecule has 0 spiro atoms. The average Bonchev–Trinajstić information content (AvgIpc) is 2.74. The third kappa shape index (κ3) is 5.69. The van der Waals surface area contributed by atoms with Crippen molar-refractivity contribution in [2.45, 2.75) is 27.7 Å². The first-order valence-electron chi connectivity index (χ1n) is 9.90. The van der Waals surface area contributed by atoms with Gasteiger partial charge in [-0.3, -0.25) is 9.69 Å². The van der Waals surface area contributed by atoms with Crippen molar-refractivity contribution in [1.29, 1.82) is 0 Å². The Morgan fingerprint density at radius 2 is 1.16 bits per heavy atom. The molecular formula is C23H25NO7. The number of anilines is 2. The molecule has 0 bridgehead atoms. The quantitative estimate of drug-likeness (QED) is 0.465. The second-order valence-corrected chi connectivity index (χ2v) is 6.29. The van der Waals surface area contributed by atoms with Crippen LogP contribution in [0.25, 0.3) is 0 Å². The summed E-state index contributed by atoms with van der Waals surface area (Å²) < 4.78 is 15.0. The Kier molecular flexibility index (Phi) is 8.31. The molecule has 0 heterocycles. The van der Waals surface area contributed by atoms with Gasteiger partial charge in [-0.1, -0.05) is 0 Å². The molecule has 8 heteroatoms. The molecule has 0 N–H and O–H groups in total. The molecule has 2 aromatic carbocycles. The van der Waals surface area contributed by atoms with E-state index in [2.05, 4.69) is 0 Å². The zero-order valence-corrected chi connectivity index (χ0v) is 18.0. The van der Waals surface area contributed by atoms with E-state index in [1.807, 2.05) is 0 Å². The minimum atomic E-state index is -0.700. The first kappa shape index (κ1) is 23.6. The van der Waals surface area contributed by atoms with Crippen LogP contribution in [0.3, 0.4) is 0 Å². The third-order valence-electron chi connectivity index (χ3n) is 4.20. The molecule has 0 saturated heterocycles. The molecule has 2 aromatic rings. The standard InChI is InChI=1S/C23H25NO7/c1-5-29-21(26)16-8-10-17(11-9-16)24(15(4)25)18-12-13-19(22(27)30-6-2)20(14-18)23(28)31-7-3/h8-14H,5-7H2,1-4H3. The molecule has 0 aromatic heterocycles. The SMILES string of the molecule is CCOC(=O)c1ccc(N(C(C)=O)c2ccc(C(=O)OCC)c(C(=O)OCC)c2)cc1. The van der Waals surface area contributed by atoms with Gasteiger partial charge in [0, 0.05) is 18.3 Å². The fraction of sp³-hybridized carbons (Fsp3) is 0.304. The van der Waals surface area contributed by atoms with Gasteiger partial charge in [-0.15, -0.1) is 0 Å². The molecule has 0 aliphatic carbocycles. The Morgan fingerprint density at radius 3 is 1.68 bits per heavy atom. The lowest BCUT2D eigenvalue weighted by molar-refractivity contribution is -0.115. The highest BCUT2D eigenvalue weighted by molar-refractivity contribution is 6.06. The summed E-state index contributed by atoms with van der Waals surface area (Å²) in [4.78, 5) is 50.4. The summed E-state index contributed by atoms with van der Waals surface area (Å²) in [6, 6.07) is 10.6. The monoisotopic (exact) mass is 427 g/mol. The zero-order valence-electron chi connectivity index (χ0n) is 18.0. The summed E-state index contributed by atoms with van der Waals surface area (Å²) >= 11 is 0. The maximum absolute atomic E-state index is 12.5. The highest BCUT2D eigenvalue weighted by Gasteiger charge is 2.23. The van der Waals surface area contributed by atoms with Crippen LogP contribution in [0.15, 0.2) is 42.5 Å². The molecule has 0 aliphatic rings. The van der Waals surface area contributed by atoms with Crippen LogP contribution in [0.4, 0.5) is 11.4 Å². The van der Waals surface area contributed by atoms with Crippen molar-refractivity contribution in [2.24, 2.45) is 0 Å². The van der Waals surface area contributed by atoms with Crippen LogP contribution in [0, 0.1) is 0 Å². The van der Waals surface area contributed by atoms with E-state index in [0.29, 0.717) is 16.9 Å². The van der Waals surface area contributed by atoms with Gasteiger partial charge in [-0.05, 0) is 63.2 Å². The van der Waals surface area contributed by atoms with Gasteiger partial charge in [0.15, 0.2) is 0 Å². The van der Waals surface area contributed by atoms with Crippen LogP contribution in [0.2, 0.25) is 0 Å². The van der Waals surface area contributed by atoms with E-state index in [1.165, 1.54) is 30.0 Å². The first-order chi connectivity index (χ1) is 14.8. The molecule has 0 saturated carbocycles. The van der Waals surface area contributed by atoms with Crippen molar-refractivity contribution >= 4 is 35.2 Å². The second-order valence-electron chi connectivity index (χ2n) is 6.29. The molecule has 164 valence electrons. The highest BCUT2D eigenvalue weighted by Crippen LogP contribution is 2.29. The van der Waals surface area contributed by atoms with Gasteiger partial charge < -0.3 is 14.2 Å². The van der Waals surface area contributed by atoms with Gasteiger partial charge in [0.2, 0.25) is 5.91 Å². The van der Waals surface area contributed by atoms with Crippen molar-refractivity contribution in [2.75, 3.05) is 24.7 Å². The number of hydrogen-bond acceptors (Lipinski definition) is 7. The number of ether oxygens (including phenoxy) is 3. The third-order valence-corrected chi connectivity index (χ3v) is 4.20. The van der Waals surface area contributed by atoms with E-state index in [9.17, 15) is 19.2 Å². The molecule has 31 heavy (non-hydrogen) atoms. The summed E-state index contributed by atoms with van der Waals surface area (Å²) in [5, 5.41) is 0. The summed E-state index contributed by atoms with van der Waals surface area (Å²) in [6.45, 7) is 6.91. The Morgan fingerprint density at radius 1 is 0.677 bits per heavy atom. The zero-order chi connectivity index (χ0) is 23.0. The van der Waals surface area contributed by atoms with Gasteiger partial charge in [-0.25, -0.2) is 14.4 Å². The largest absolute Gasteiger partial charge is 0.462 e. The maximum Gasteiger partial charge on any atom is 0.339 e. The molecule has 0 atom stereocenters. The lowest BCUT2D eigenvalue weighted by Gasteiger charge is -2.23. The first-order valence-corrected chi connectivity index (χ1v) is 9.90. The van der Waals surface area contributed by atoms with Crippen LogP contribution in [-0.2, 0) is 19.0 Å². The van der Waals surface area contributed by atoms with E-state index >= 15 is 0 Å². The Labute approximate surface area is 180 Å². The topological polar surface area (TPSA) is 99.2 Å². The van der Waals surface area contributed by atoms with Crippen LogP contribution in [0.5, 0.6) is 0 Å². The molecule has 0 unspecified atom stereocenters. The van der Waals surface area contributed by atoms with Crippen molar-refractivity contribution in [3.63, 3.8) is 0 Å². The predicted octanol–water partition coefficient (Wildman–Crippen LogP) is 3.90. The lowest BCUT2D eigenvalue weighted by Crippen LogP contribution is -2.24. The number of carbonyl (C=O) groups excluding carboxylic acids is 4. The van der Waals surface area contributed by atoms with Crippen molar-refractivity contribution in [3.05, 3.63) is 59.2 Å². The number of amides is 1. The van der Waals surface area contributed by atoms with E-state index in [0.717, 1.165) is 0 Å². The summed E-state index contributed by atoms with van der Waals surface area (Å²) in [5.74, 6) is -2.16. The minimum Gasteiger partial charge on any atom is -0.462 e. The molecule has 2 rings (SSSR count). The molecular weight excluding hydrogens is 402 g/mol. The van der Waals surface area contributed by atoms with Crippen LogP contribution in [0.1, 0.15) is 58.8 Å². The van der Waals surface area contributed by atoms with E-state index in [-0.39, 0.29) is 36.9 Å². The van der Waals surface area contributed by atoms with Crippen LogP contribution >= 0.6 is 0 Å². The smallest absolute Gasteiger partial charge is 0.339 e. The van der Waals surface area contributed by atoms with Gasteiger partial charge >= 0.3 is 17.9 Å². The van der Waals surface area contributed by atoms with Gasteiger partial charge in [0.25, 0.3) is 0 Å². The van der Waals surface area contributed by atoms with Gasteiger partial charge in [-0.2, -0.15) is 0 Å². The maximum atomic E-state index is 12.5. The van der Waals surface area contributed by atoms with Crippen molar-refractivity contribution in [1.82, 2.24) is 0 Å². The lowest BCUT2D eigenvalue weighted by atomic mass is 10.1. The van der Waals surface area contributed by atoms with Crippen LogP contribution < -0.4 is 4.90 Å². The average molecular weight is 427 g/mol. The molecule has 1 amide bonds. The number of esters is 3. The minimum absolute atomic E-state index is 0.00723. The fourth-order valence-electron chi connectivity index (χ4n) is 2.91. The van der Waals surface area contributed by atoms with Crippen LogP contribution in [-0.4, -0.2) is 43.6 Å². The number of carbonyl (C=O) groups is 4. The molecule has 0 fully saturated rings. The number of benzene rings is 2.